The van der Waals surface area contributed by atoms with Crippen LogP contribution < -0.4 is 0 Å². The highest BCUT2D eigenvalue weighted by molar-refractivity contribution is 5.59. The molecule has 0 amide bonds. The van der Waals surface area contributed by atoms with E-state index in [4.69, 9.17) is 0 Å². The largest absolute Gasteiger partial charge is 0.103 e. The van der Waals surface area contributed by atoms with Gasteiger partial charge in [0.05, 0.1) is 0 Å². The van der Waals surface area contributed by atoms with Crippen molar-refractivity contribution < 1.29 is 0 Å². The molecule has 0 aromatic heterocycles. The third kappa shape index (κ3) is 0.322. The summed E-state index contributed by atoms with van der Waals surface area (Å²) in [7, 11) is 0. The number of allylic oxidation sites excluding steroid dienone is 1. The minimum absolute atomic E-state index is 0.741. The third-order valence-electron chi connectivity index (χ3n) is 8.35. The lowest BCUT2D eigenvalue weighted by Gasteiger charge is -2.84. The summed E-state index contributed by atoms with van der Waals surface area (Å²) in [4.78, 5) is 0. The van der Waals surface area contributed by atoms with Crippen LogP contribution in [0, 0.1) is 51.8 Å². The Morgan fingerprint density at radius 3 is 2.73 bits per heavy atom. The maximum Gasteiger partial charge on any atom is -0.00790 e. The second kappa shape index (κ2) is 1.57. The average molecular weight is 200 g/mol. The molecule has 0 N–H and O–H groups in total. The molecule has 8 saturated carbocycles. The van der Waals surface area contributed by atoms with Crippen LogP contribution in [-0.4, -0.2) is 0 Å². The van der Waals surface area contributed by atoms with Crippen LogP contribution in [0.3, 0.4) is 0 Å². The van der Waals surface area contributed by atoms with Gasteiger partial charge in [0.1, 0.15) is 0 Å². The Bertz CT molecular complexity index is 424. The van der Waals surface area contributed by atoms with Gasteiger partial charge < -0.3 is 0 Å². The molecule has 8 fully saturated rings. The average Bonchev–Trinajstić information content (AvgIpc) is 2.64. The molecule has 0 saturated heterocycles. The van der Waals surface area contributed by atoms with Crippen molar-refractivity contribution in [2.24, 2.45) is 51.8 Å². The Balaban J connectivity index is 1.74. The van der Waals surface area contributed by atoms with Gasteiger partial charge in [-0.25, -0.2) is 0 Å². The molecule has 0 aliphatic heterocycles. The van der Waals surface area contributed by atoms with Gasteiger partial charge >= 0.3 is 0 Å². The summed E-state index contributed by atoms with van der Waals surface area (Å²) in [6, 6.07) is 0. The zero-order valence-corrected chi connectivity index (χ0v) is 9.96. The molecule has 0 aromatic rings. The molecule has 0 aromatic carbocycles. The Morgan fingerprint density at radius 1 is 1.40 bits per heavy atom. The van der Waals surface area contributed by atoms with Crippen molar-refractivity contribution in [2.45, 2.75) is 27.2 Å². The van der Waals surface area contributed by atoms with Crippen molar-refractivity contribution >= 4 is 0 Å². The van der Waals surface area contributed by atoms with Crippen LogP contribution in [0.1, 0.15) is 27.2 Å². The van der Waals surface area contributed by atoms with E-state index in [0.717, 1.165) is 39.9 Å². The molecule has 80 valence electrons. The molecule has 8 rings (SSSR count). The molecule has 0 heteroatoms. The lowest BCUT2D eigenvalue weighted by molar-refractivity contribution is -0.379. The lowest BCUT2D eigenvalue weighted by Crippen LogP contribution is -2.81. The number of rotatable bonds is 2. The topological polar surface area (TPSA) is 0 Å². The monoisotopic (exact) mass is 200 g/mol. The molecule has 0 radical (unpaired) electrons. The third-order valence-corrected chi connectivity index (χ3v) is 8.35. The molecule has 5 bridgehead atoms. The quantitative estimate of drug-likeness (QED) is 0.600. The maximum absolute atomic E-state index is 4.08. The summed E-state index contributed by atoms with van der Waals surface area (Å²) in [5.74, 6) is 6.38. The van der Waals surface area contributed by atoms with Gasteiger partial charge in [-0.1, -0.05) is 26.8 Å². The van der Waals surface area contributed by atoms with E-state index >= 15 is 0 Å². The normalized spacial score (nSPS) is 80.9. The second-order valence-electron chi connectivity index (χ2n) is 7.24. The van der Waals surface area contributed by atoms with Crippen molar-refractivity contribution in [1.29, 1.82) is 0 Å². The molecule has 9 atom stereocenters. The fourth-order valence-electron chi connectivity index (χ4n) is 8.59. The van der Waals surface area contributed by atoms with E-state index in [9.17, 15) is 0 Å². The van der Waals surface area contributed by atoms with E-state index in [-0.39, 0.29) is 0 Å². The molecule has 15 heavy (non-hydrogen) atoms. The molecule has 8 aliphatic rings. The van der Waals surface area contributed by atoms with Crippen LogP contribution in [0.2, 0.25) is 0 Å². The highest BCUT2D eigenvalue weighted by Crippen LogP contribution is 3.15. The van der Waals surface area contributed by atoms with E-state index in [1.165, 1.54) is 11.8 Å². The summed E-state index contributed by atoms with van der Waals surface area (Å²) in [6.07, 6.45) is 3.86. The van der Waals surface area contributed by atoms with Gasteiger partial charge in [-0.2, -0.15) is 0 Å². The van der Waals surface area contributed by atoms with Crippen molar-refractivity contribution in [3.05, 3.63) is 12.7 Å². The van der Waals surface area contributed by atoms with Crippen LogP contribution in [0.25, 0.3) is 0 Å². The molecule has 0 nitrogen and oxygen atoms in total. The zero-order chi connectivity index (χ0) is 10.4. The predicted octanol–water partition coefficient (Wildman–Crippen LogP) is 3.35. The highest BCUT2D eigenvalue weighted by atomic mass is 15.2. The molecule has 0 heterocycles. The standard InChI is InChI=1S/C15H20/c1-5-7(2)15-9(4)13(15)6-10-11-8(3)14(10,15)12(11)13/h5,7-12H,1,6H2,2-4H3. The SMILES string of the molecule is C=CC(C)C12C(C)C13CC1C4C(C)C12C43. The Morgan fingerprint density at radius 2 is 2.13 bits per heavy atom. The molecular formula is C15H20. The Labute approximate surface area is 92.1 Å². The van der Waals surface area contributed by atoms with Gasteiger partial charge in [0.15, 0.2) is 0 Å². The van der Waals surface area contributed by atoms with Crippen LogP contribution >= 0.6 is 0 Å². The Hall–Kier alpha value is -0.260. The summed E-state index contributed by atoms with van der Waals surface area (Å²) >= 11 is 0. The first kappa shape index (κ1) is 7.92. The fraction of sp³-hybridized carbons (Fsp3) is 0.867. The maximum atomic E-state index is 4.08. The predicted molar refractivity (Wildman–Crippen MR) is 60.1 cm³/mol. The van der Waals surface area contributed by atoms with E-state index in [0.29, 0.717) is 0 Å². The minimum atomic E-state index is 0.741. The first-order valence-corrected chi connectivity index (χ1v) is 6.76. The first-order valence-electron chi connectivity index (χ1n) is 6.76. The van der Waals surface area contributed by atoms with Gasteiger partial charge in [0, 0.05) is 0 Å². The summed E-state index contributed by atoms with van der Waals surface area (Å²) in [5.41, 5.74) is 2.42. The first-order chi connectivity index (χ1) is 7.13. The fourth-order valence-corrected chi connectivity index (χ4v) is 8.59. The van der Waals surface area contributed by atoms with Gasteiger partial charge in [0.2, 0.25) is 0 Å². The summed E-state index contributed by atoms with van der Waals surface area (Å²) in [6.45, 7) is 11.6. The van der Waals surface area contributed by atoms with Crippen molar-refractivity contribution in [2.75, 3.05) is 0 Å². The van der Waals surface area contributed by atoms with Gasteiger partial charge in [-0.05, 0) is 58.2 Å². The Kier molecular flexibility index (Phi) is 0.827. The van der Waals surface area contributed by atoms with Crippen LogP contribution in [0.5, 0.6) is 0 Å². The van der Waals surface area contributed by atoms with E-state index in [2.05, 4.69) is 33.4 Å². The van der Waals surface area contributed by atoms with Crippen LogP contribution in [-0.2, 0) is 0 Å². The molecule has 9 unspecified atom stereocenters. The lowest BCUT2D eigenvalue weighted by atomic mass is 9.19. The molecular weight excluding hydrogens is 180 g/mol. The van der Waals surface area contributed by atoms with E-state index in [1.807, 2.05) is 0 Å². The van der Waals surface area contributed by atoms with Crippen molar-refractivity contribution in [1.82, 2.24) is 0 Å². The summed E-state index contributed by atoms with van der Waals surface area (Å²) in [5, 5.41) is 0. The zero-order valence-electron chi connectivity index (χ0n) is 9.96. The van der Waals surface area contributed by atoms with Crippen molar-refractivity contribution in [3.8, 4) is 0 Å². The smallest absolute Gasteiger partial charge is 0.00790 e. The number of hydrogen-bond donors (Lipinski definition) is 0. The summed E-state index contributed by atoms with van der Waals surface area (Å²) < 4.78 is 0. The van der Waals surface area contributed by atoms with Gasteiger partial charge in [-0.15, -0.1) is 6.58 Å². The van der Waals surface area contributed by atoms with Crippen LogP contribution in [0.4, 0.5) is 0 Å². The van der Waals surface area contributed by atoms with E-state index < -0.39 is 0 Å². The highest BCUT2D eigenvalue weighted by Gasteiger charge is 3.12. The van der Waals surface area contributed by atoms with Gasteiger partial charge in [-0.3, -0.25) is 0 Å². The minimum Gasteiger partial charge on any atom is -0.103 e. The van der Waals surface area contributed by atoms with Gasteiger partial charge in [0.25, 0.3) is 0 Å². The van der Waals surface area contributed by atoms with Crippen molar-refractivity contribution in [3.63, 3.8) is 0 Å². The van der Waals surface area contributed by atoms with E-state index in [1.54, 1.807) is 6.42 Å². The molecule has 8 aliphatic carbocycles. The second-order valence-corrected chi connectivity index (χ2v) is 7.24. The number of hydrogen-bond acceptors (Lipinski definition) is 0. The molecule has 2 spiro atoms. The van der Waals surface area contributed by atoms with Crippen LogP contribution in [0.15, 0.2) is 12.7 Å².